The van der Waals surface area contributed by atoms with Crippen molar-refractivity contribution >= 4 is 34.2 Å². The number of benzene rings is 2. The first-order valence-corrected chi connectivity index (χ1v) is 12.4. The molecule has 3 aromatic rings. The van der Waals surface area contributed by atoms with Crippen molar-refractivity contribution in [1.82, 2.24) is 15.0 Å². The quantitative estimate of drug-likeness (QED) is 0.216. The maximum absolute atomic E-state index is 10.2. The Labute approximate surface area is 217 Å². The van der Waals surface area contributed by atoms with Crippen LogP contribution in [0.2, 0.25) is 0 Å². The van der Waals surface area contributed by atoms with Crippen LogP contribution in [-0.2, 0) is 18.6 Å². The van der Waals surface area contributed by atoms with Crippen molar-refractivity contribution in [2.24, 2.45) is 0 Å². The highest BCUT2D eigenvalue weighted by Gasteiger charge is 2.24. The number of nitrogens with zero attached hydrogens (tertiary/aromatic N) is 3. The predicted octanol–water partition coefficient (Wildman–Crippen LogP) is 3.12. The lowest BCUT2D eigenvalue weighted by molar-refractivity contribution is 0.0866. The van der Waals surface area contributed by atoms with Crippen LogP contribution in [0.3, 0.4) is 0 Å². The van der Waals surface area contributed by atoms with E-state index in [1.807, 2.05) is 36.4 Å². The summed E-state index contributed by atoms with van der Waals surface area (Å²) in [7, 11) is 0. The number of alkyl halides is 1. The summed E-state index contributed by atoms with van der Waals surface area (Å²) in [6, 6.07) is 13.8. The lowest BCUT2D eigenvalue weighted by Gasteiger charge is -2.27. The minimum absolute atomic E-state index is 0.0888. The third-order valence-corrected chi connectivity index (χ3v) is 6.72. The predicted molar refractivity (Wildman–Crippen MR) is 137 cm³/mol. The highest BCUT2D eigenvalue weighted by atomic mass is 127. The molecule has 0 spiro atoms. The average Bonchev–Trinajstić information content (AvgIpc) is 3.28. The monoisotopic (exact) mass is 601 g/mol. The van der Waals surface area contributed by atoms with Crippen molar-refractivity contribution in [3.63, 3.8) is 0 Å². The number of halogens is 2. The van der Waals surface area contributed by atoms with Crippen LogP contribution in [0.4, 0.5) is 0 Å². The zero-order chi connectivity index (χ0) is 24.7. The molecule has 34 heavy (non-hydrogen) atoms. The number of aliphatic hydroxyl groups excluding tert-OH is 3. The summed E-state index contributed by atoms with van der Waals surface area (Å²) in [4.78, 5) is 0. The Morgan fingerprint density at radius 2 is 1.71 bits per heavy atom. The Bertz CT molecular complexity index is 1060. The summed E-state index contributed by atoms with van der Waals surface area (Å²) in [5, 5.41) is 36.7. The van der Waals surface area contributed by atoms with Gasteiger partial charge in [-0.3, -0.25) is 0 Å². The second-order valence-corrected chi connectivity index (χ2v) is 9.91. The smallest absolute Gasteiger partial charge is 0.132 e. The summed E-state index contributed by atoms with van der Waals surface area (Å²) in [5.74, 6) is 1.49. The number of ether oxygens (including phenoxy) is 2. The molecule has 0 aliphatic carbocycles. The van der Waals surface area contributed by atoms with Crippen LogP contribution in [0.5, 0.6) is 11.5 Å². The Morgan fingerprint density at radius 1 is 1.03 bits per heavy atom. The van der Waals surface area contributed by atoms with Crippen LogP contribution >= 0.6 is 34.2 Å². The highest BCUT2D eigenvalue weighted by Crippen LogP contribution is 2.35. The molecule has 1 aromatic heterocycles. The van der Waals surface area contributed by atoms with Gasteiger partial charge in [0.15, 0.2) is 0 Å². The summed E-state index contributed by atoms with van der Waals surface area (Å²) < 4.78 is 13.8. The Balaban J connectivity index is 1.61. The van der Waals surface area contributed by atoms with Crippen molar-refractivity contribution in [2.45, 2.75) is 44.6 Å². The van der Waals surface area contributed by atoms with E-state index in [9.17, 15) is 15.3 Å². The van der Waals surface area contributed by atoms with Crippen molar-refractivity contribution in [1.29, 1.82) is 0 Å². The molecule has 3 N–H and O–H groups in total. The standard InChI is InChI=1S/C24H29ClIN3O5/c1-24(2,17-5-8-23(22(26)9-17)34-14-19(31)10-25)16-3-6-21(7-4-16)33-15-20(32)12-29-18(13-30)11-27-28-29/h3-9,11,19-20,30-32H,10,12-15H2,1-2H3/t19-,20+/m0/s1. The zero-order valence-corrected chi connectivity index (χ0v) is 22.0. The van der Waals surface area contributed by atoms with Gasteiger partial charge in [-0.1, -0.05) is 37.3 Å². The molecule has 2 aromatic carbocycles. The molecule has 0 unspecified atom stereocenters. The minimum atomic E-state index is -0.795. The van der Waals surface area contributed by atoms with Crippen LogP contribution in [0, 0.1) is 3.57 Å². The first-order valence-electron chi connectivity index (χ1n) is 10.8. The molecule has 2 atom stereocenters. The Hall–Kier alpha value is -1.92. The molecule has 3 rings (SSSR count). The number of aromatic nitrogens is 3. The SMILES string of the molecule is CC(C)(c1ccc(OC[C@H](O)Cn2nncc2CO)cc1)c1ccc(OC[C@@H](O)CCl)c(I)c1. The number of hydrogen-bond acceptors (Lipinski definition) is 7. The maximum Gasteiger partial charge on any atom is 0.132 e. The van der Waals surface area contributed by atoms with Gasteiger partial charge in [-0.2, -0.15) is 0 Å². The summed E-state index contributed by atoms with van der Waals surface area (Å²) in [5.41, 5.74) is 2.50. The normalized spacial score (nSPS) is 13.5. The van der Waals surface area contributed by atoms with Crippen molar-refractivity contribution in [3.05, 3.63) is 69.1 Å². The fourth-order valence-corrected chi connectivity index (χ4v) is 4.13. The molecule has 0 amide bonds. The van der Waals surface area contributed by atoms with E-state index in [1.54, 1.807) is 0 Å². The second-order valence-electron chi connectivity index (χ2n) is 8.44. The third-order valence-electron chi connectivity index (χ3n) is 5.52. The minimum Gasteiger partial charge on any atom is -0.491 e. The van der Waals surface area contributed by atoms with Crippen molar-refractivity contribution in [2.75, 3.05) is 19.1 Å². The lowest BCUT2D eigenvalue weighted by atomic mass is 9.78. The van der Waals surface area contributed by atoms with Crippen LogP contribution in [0.1, 0.15) is 30.7 Å². The topological polar surface area (TPSA) is 110 Å². The van der Waals surface area contributed by atoms with Gasteiger partial charge in [0, 0.05) is 5.41 Å². The third kappa shape index (κ3) is 6.82. The molecule has 0 aliphatic heterocycles. The van der Waals surface area contributed by atoms with E-state index in [1.165, 1.54) is 10.9 Å². The maximum atomic E-state index is 10.2. The van der Waals surface area contributed by atoms with Gasteiger partial charge in [0.2, 0.25) is 0 Å². The van der Waals surface area contributed by atoms with E-state index in [-0.39, 0.29) is 37.7 Å². The van der Waals surface area contributed by atoms with E-state index >= 15 is 0 Å². The number of aliphatic hydroxyl groups is 3. The van der Waals surface area contributed by atoms with Gasteiger partial charge < -0.3 is 24.8 Å². The molecule has 8 nitrogen and oxygen atoms in total. The lowest BCUT2D eigenvalue weighted by Crippen LogP contribution is -2.25. The molecular weight excluding hydrogens is 573 g/mol. The van der Waals surface area contributed by atoms with Gasteiger partial charge in [-0.25, -0.2) is 4.68 Å². The van der Waals surface area contributed by atoms with Crippen LogP contribution < -0.4 is 9.47 Å². The van der Waals surface area contributed by atoms with Crippen LogP contribution in [0.15, 0.2) is 48.7 Å². The van der Waals surface area contributed by atoms with E-state index in [4.69, 9.17) is 21.1 Å². The molecule has 0 saturated carbocycles. The second kappa shape index (κ2) is 12.2. The fraction of sp³-hybridized carbons (Fsp3) is 0.417. The zero-order valence-electron chi connectivity index (χ0n) is 19.1. The van der Waals surface area contributed by atoms with Gasteiger partial charge in [0.1, 0.15) is 36.9 Å². The van der Waals surface area contributed by atoms with Crippen LogP contribution in [-0.4, -0.2) is 61.6 Å². The van der Waals surface area contributed by atoms with Gasteiger partial charge in [-0.05, 0) is 58.0 Å². The van der Waals surface area contributed by atoms with Gasteiger partial charge in [0.05, 0.1) is 34.5 Å². The van der Waals surface area contributed by atoms with Gasteiger partial charge in [-0.15, -0.1) is 16.7 Å². The van der Waals surface area contributed by atoms with Crippen molar-refractivity contribution < 1.29 is 24.8 Å². The molecular formula is C24H29ClIN3O5. The highest BCUT2D eigenvalue weighted by molar-refractivity contribution is 14.1. The van der Waals surface area contributed by atoms with Crippen LogP contribution in [0.25, 0.3) is 0 Å². The molecule has 0 aliphatic rings. The largest absolute Gasteiger partial charge is 0.491 e. The molecule has 1 heterocycles. The molecule has 184 valence electrons. The first-order chi connectivity index (χ1) is 16.2. The Morgan fingerprint density at radius 3 is 2.35 bits per heavy atom. The number of hydrogen-bond donors (Lipinski definition) is 3. The van der Waals surface area contributed by atoms with Crippen molar-refractivity contribution in [3.8, 4) is 11.5 Å². The molecule has 0 radical (unpaired) electrons. The Kier molecular flexibility index (Phi) is 9.55. The summed E-state index contributed by atoms with van der Waals surface area (Å²) in [6.07, 6.45) is -0.0331. The van der Waals surface area contributed by atoms with E-state index in [2.05, 4.69) is 52.8 Å². The summed E-state index contributed by atoms with van der Waals surface area (Å²) >= 11 is 7.86. The van der Waals surface area contributed by atoms with Gasteiger partial charge >= 0.3 is 0 Å². The van der Waals surface area contributed by atoms with Gasteiger partial charge in [0.25, 0.3) is 0 Å². The fourth-order valence-electron chi connectivity index (χ4n) is 3.37. The van der Waals surface area contributed by atoms with E-state index in [0.29, 0.717) is 17.2 Å². The summed E-state index contributed by atoms with van der Waals surface area (Å²) in [6.45, 7) is 4.53. The number of rotatable bonds is 12. The average molecular weight is 602 g/mol. The van der Waals surface area contributed by atoms with E-state index in [0.717, 1.165) is 14.7 Å². The molecule has 0 bridgehead atoms. The molecule has 0 fully saturated rings. The van der Waals surface area contributed by atoms with E-state index < -0.39 is 12.2 Å². The first kappa shape index (κ1) is 26.7. The molecule has 10 heteroatoms. The molecule has 0 saturated heterocycles.